The van der Waals surface area contributed by atoms with Crippen LogP contribution in [0.2, 0.25) is 0 Å². The second kappa shape index (κ2) is 14.5. The molecule has 9 aromatic carbocycles. The lowest BCUT2D eigenvalue weighted by atomic mass is 9.83. The first-order chi connectivity index (χ1) is 26.3. The molecule has 0 heterocycles. The molecule has 53 heavy (non-hydrogen) atoms. The minimum Gasteiger partial charge on any atom is -0.310 e. The summed E-state index contributed by atoms with van der Waals surface area (Å²) in [6.45, 7) is 0. The average molecular weight is 678 g/mol. The van der Waals surface area contributed by atoms with Crippen molar-refractivity contribution < 1.29 is 0 Å². The molecule has 0 saturated heterocycles. The van der Waals surface area contributed by atoms with Gasteiger partial charge in [0.25, 0.3) is 0 Å². The first-order valence-corrected chi connectivity index (χ1v) is 18.4. The molecule has 0 amide bonds. The molecule has 0 radical (unpaired) electrons. The van der Waals surface area contributed by atoms with Crippen LogP contribution < -0.4 is 4.90 Å². The van der Waals surface area contributed by atoms with Crippen molar-refractivity contribution in [1.82, 2.24) is 0 Å². The molecule has 0 aromatic heterocycles. The van der Waals surface area contributed by atoms with Crippen LogP contribution in [0.15, 0.2) is 218 Å². The lowest BCUT2D eigenvalue weighted by Crippen LogP contribution is -2.10. The standard InChI is InChI=1S/C52H39N/c1-3-15-41(16-4-1)51(50-27-13-19-39-17-7-9-25-48(39)50)37-38-29-31-42(32-30-38)46-23-11-12-24-47(46)43-33-35-45(36-34-43)53(44-21-5-2-6-22-44)52-28-14-20-40-18-8-10-26-49(40)52/h1-36,51H,37H2. The molecule has 9 aromatic rings. The van der Waals surface area contributed by atoms with Gasteiger partial charge in [-0.1, -0.05) is 188 Å². The van der Waals surface area contributed by atoms with E-state index in [2.05, 4.69) is 223 Å². The summed E-state index contributed by atoms with van der Waals surface area (Å²) in [5, 5.41) is 5.06. The quantitative estimate of drug-likeness (QED) is 0.147. The van der Waals surface area contributed by atoms with Gasteiger partial charge in [0, 0.05) is 22.7 Å². The molecule has 0 fully saturated rings. The molecule has 1 atom stereocenters. The van der Waals surface area contributed by atoms with E-state index >= 15 is 0 Å². The van der Waals surface area contributed by atoms with E-state index in [0.717, 1.165) is 23.5 Å². The van der Waals surface area contributed by atoms with Crippen molar-refractivity contribution in [3.8, 4) is 22.3 Å². The lowest BCUT2D eigenvalue weighted by Gasteiger charge is -2.27. The van der Waals surface area contributed by atoms with Crippen LogP contribution >= 0.6 is 0 Å². The highest BCUT2D eigenvalue weighted by Gasteiger charge is 2.19. The van der Waals surface area contributed by atoms with E-state index in [-0.39, 0.29) is 5.92 Å². The normalized spacial score (nSPS) is 11.8. The van der Waals surface area contributed by atoms with E-state index in [9.17, 15) is 0 Å². The first-order valence-electron chi connectivity index (χ1n) is 18.4. The van der Waals surface area contributed by atoms with Gasteiger partial charge in [-0.15, -0.1) is 0 Å². The van der Waals surface area contributed by atoms with Crippen molar-refractivity contribution in [3.05, 3.63) is 235 Å². The molecule has 0 N–H and O–H groups in total. The molecular formula is C52H39N. The number of anilines is 3. The number of hydrogen-bond donors (Lipinski definition) is 0. The molecule has 0 spiro atoms. The molecule has 252 valence electrons. The smallest absolute Gasteiger partial charge is 0.0540 e. The van der Waals surface area contributed by atoms with E-state index < -0.39 is 0 Å². The summed E-state index contributed by atoms with van der Waals surface area (Å²) in [4.78, 5) is 2.36. The van der Waals surface area contributed by atoms with Gasteiger partial charge < -0.3 is 4.90 Å². The molecule has 0 aliphatic heterocycles. The van der Waals surface area contributed by atoms with Gasteiger partial charge in [-0.3, -0.25) is 0 Å². The Kier molecular flexibility index (Phi) is 8.82. The number of nitrogens with zero attached hydrogens (tertiary/aromatic N) is 1. The summed E-state index contributed by atoms with van der Waals surface area (Å²) in [6, 6.07) is 79.2. The van der Waals surface area contributed by atoms with Gasteiger partial charge in [0.2, 0.25) is 0 Å². The molecule has 0 saturated carbocycles. The number of fused-ring (bicyclic) bond motifs is 2. The Balaban J connectivity index is 1.04. The molecule has 0 bridgehead atoms. The van der Waals surface area contributed by atoms with Crippen molar-refractivity contribution in [1.29, 1.82) is 0 Å². The maximum Gasteiger partial charge on any atom is 0.0540 e. The number of rotatable bonds is 9. The molecular weight excluding hydrogens is 639 g/mol. The Morgan fingerprint density at radius 3 is 1.53 bits per heavy atom. The topological polar surface area (TPSA) is 3.24 Å². The monoisotopic (exact) mass is 677 g/mol. The molecule has 0 aliphatic carbocycles. The number of hydrogen-bond acceptors (Lipinski definition) is 1. The molecule has 1 heteroatoms. The number of benzene rings is 9. The van der Waals surface area contributed by atoms with Crippen molar-refractivity contribution >= 4 is 38.6 Å². The summed E-state index contributed by atoms with van der Waals surface area (Å²) >= 11 is 0. The van der Waals surface area contributed by atoms with Crippen molar-refractivity contribution in [3.63, 3.8) is 0 Å². The Labute approximate surface area is 312 Å². The van der Waals surface area contributed by atoms with Crippen molar-refractivity contribution in [2.24, 2.45) is 0 Å². The fourth-order valence-electron chi connectivity index (χ4n) is 7.89. The lowest BCUT2D eigenvalue weighted by molar-refractivity contribution is 0.812. The maximum atomic E-state index is 2.36. The SMILES string of the molecule is c1ccc(C(Cc2ccc(-c3ccccc3-c3ccc(N(c4ccccc4)c4cccc5ccccc45)cc3)cc2)c2cccc3ccccc23)cc1. The molecule has 1 nitrogen and oxygen atoms in total. The summed E-state index contributed by atoms with van der Waals surface area (Å²) < 4.78 is 0. The third-order valence-electron chi connectivity index (χ3n) is 10.5. The van der Waals surface area contributed by atoms with Crippen LogP contribution in [0, 0.1) is 0 Å². The maximum absolute atomic E-state index is 2.36. The zero-order valence-corrected chi connectivity index (χ0v) is 29.5. The van der Waals surface area contributed by atoms with E-state index in [1.807, 2.05) is 0 Å². The summed E-state index contributed by atoms with van der Waals surface area (Å²) in [5.41, 5.74) is 12.3. The van der Waals surface area contributed by atoms with Crippen LogP contribution in [0.3, 0.4) is 0 Å². The van der Waals surface area contributed by atoms with E-state index in [4.69, 9.17) is 0 Å². The predicted molar refractivity (Wildman–Crippen MR) is 225 cm³/mol. The third-order valence-corrected chi connectivity index (χ3v) is 10.5. The van der Waals surface area contributed by atoms with Gasteiger partial charge in [-0.25, -0.2) is 0 Å². The van der Waals surface area contributed by atoms with Gasteiger partial charge in [0.15, 0.2) is 0 Å². The minimum atomic E-state index is 0.253. The van der Waals surface area contributed by atoms with Crippen LogP contribution in [0.1, 0.15) is 22.6 Å². The Bertz CT molecular complexity index is 2610. The van der Waals surface area contributed by atoms with Crippen LogP contribution in [-0.4, -0.2) is 0 Å². The van der Waals surface area contributed by atoms with Crippen LogP contribution in [0.5, 0.6) is 0 Å². The largest absolute Gasteiger partial charge is 0.310 e. The summed E-state index contributed by atoms with van der Waals surface area (Å²) in [6.07, 6.45) is 0.927. The molecule has 1 unspecified atom stereocenters. The van der Waals surface area contributed by atoms with Gasteiger partial charge in [0.1, 0.15) is 0 Å². The second-order valence-corrected chi connectivity index (χ2v) is 13.7. The van der Waals surface area contributed by atoms with Crippen LogP contribution in [0.25, 0.3) is 43.8 Å². The zero-order chi connectivity index (χ0) is 35.4. The van der Waals surface area contributed by atoms with Crippen molar-refractivity contribution in [2.45, 2.75) is 12.3 Å². The highest BCUT2D eigenvalue weighted by Crippen LogP contribution is 2.41. The number of para-hydroxylation sites is 1. The van der Waals surface area contributed by atoms with E-state index in [0.29, 0.717) is 0 Å². The Morgan fingerprint density at radius 1 is 0.358 bits per heavy atom. The highest BCUT2D eigenvalue weighted by molar-refractivity contribution is 5.99. The van der Waals surface area contributed by atoms with Crippen molar-refractivity contribution in [2.75, 3.05) is 4.90 Å². The second-order valence-electron chi connectivity index (χ2n) is 13.7. The van der Waals surface area contributed by atoms with Gasteiger partial charge in [-0.2, -0.15) is 0 Å². The first kappa shape index (κ1) is 32.2. The predicted octanol–water partition coefficient (Wildman–Crippen LogP) is 14.2. The highest BCUT2D eigenvalue weighted by atomic mass is 15.1. The Hall–Kier alpha value is -6.70. The van der Waals surface area contributed by atoms with Gasteiger partial charge in [0.05, 0.1) is 5.69 Å². The average Bonchev–Trinajstić information content (AvgIpc) is 3.24. The zero-order valence-electron chi connectivity index (χ0n) is 29.5. The molecule has 9 rings (SSSR count). The summed E-state index contributed by atoms with van der Waals surface area (Å²) in [7, 11) is 0. The fourth-order valence-corrected chi connectivity index (χ4v) is 7.89. The van der Waals surface area contributed by atoms with E-state index in [1.54, 1.807) is 0 Å². The van der Waals surface area contributed by atoms with Gasteiger partial charge >= 0.3 is 0 Å². The van der Waals surface area contributed by atoms with E-state index in [1.165, 1.54) is 60.5 Å². The summed E-state index contributed by atoms with van der Waals surface area (Å²) in [5.74, 6) is 0.253. The minimum absolute atomic E-state index is 0.253. The van der Waals surface area contributed by atoms with Crippen LogP contribution in [0.4, 0.5) is 17.1 Å². The van der Waals surface area contributed by atoms with Crippen LogP contribution in [-0.2, 0) is 6.42 Å². The fraction of sp³-hybridized carbons (Fsp3) is 0.0385. The Morgan fingerprint density at radius 2 is 0.849 bits per heavy atom. The van der Waals surface area contributed by atoms with Gasteiger partial charge in [-0.05, 0) is 91.9 Å². The molecule has 0 aliphatic rings. The third kappa shape index (κ3) is 6.50.